The lowest BCUT2D eigenvalue weighted by molar-refractivity contribution is 0.267. The van der Waals surface area contributed by atoms with Crippen LogP contribution in [0.3, 0.4) is 0 Å². The fourth-order valence-corrected chi connectivity index (χ4v) is 2.29. The summed E-state index contributed by atoms with van der Waals surface area (Å²) < 4.78 is 7.57. The maximum Gasteiger partial charge on any atom is 0.138 e. The smallest absolute Gasteiger partial charge is 0.138 e. The molecule has 18 heavy (non-hydrogen) atoms. The van der Waals surface area contributed by atoms with Gasteiger partial charge in [-0.05, 0) is 24.1 Å². The van der Waals surface area contributed by atoms with Gasteiger partial charge in [0, 0.05) is 12.1 Å². The molecule has 0 N–H and O–H groups in total. The summed E-state index contributed by atoms with van der Waals surface area (Å²) in [6.45, 7) is 6.80. The quantitative estimate of drug-likeness (QED) is 0.807. The lowest BCUT2D eigenvalue weighted by Gasteiger charge is -2.17. The molecule has 1 aliphatic rings. The number of imidazole rings is 1. The van der Waals surface area contributed by atoms with Crippen LogP contribution in [0.5, 0.6) is 0 Å². The molecule has 92 valence electrons. The molecule has 3 heteroatoms. The van der Waals surface area contributed by atoms with E-state index in [9.17, 15) is 0 Å². The van der Waals surface area contributed by atoms with Gasteiger partial charge in [-0.1, -0.05) is 25.6 Å². The third-order valence-corrected chi connectivity index (χ3v) is 3.35. The average molecular weight is 240 g/mol. The Hall–Kier alpha value is -2.03. The van der Waals surface area contributed by atoms with Crippen LogP contribution in [0.1, 0.15) is 23.9 Å². The van der Waals surface area contributed by atoms with Crippen LogP contribution in [0, 0.1) is 0 Å². The zero-order valence-corrected chi connectivity index (χ0v) is 10.5. The summed E-state index contributed by atoms with van der Waals surface area (Å²) in [6, 6.07) is 8.52. The number of hydrogen-bond donors (Lipinski definition) is 0. The standard InChI is InChI=1S/C15H16N2O/c1-3-12-4-6-13(7-5-12)17-10-16-14-8-9-18-11(2)15(14)17/h4-7,10H,2-3,8-9H2,1H3. The number of aryl methyl sites for hydroxylation is 1. The molecule has 0 aliphatic carbocycles. The Kier molecular flexibility index (Phi) is 2.67. The highest BCUT2D eigenvalue weighted by molar-refractivity contribution is 5.60. The third-order valence-electron chi connectivity index (χ3n) is 3.35. The Labute approximate surface area is 107 Å². The maximum absolute atomic E-state index is 5.51. The number of ether oxygens (including phenoxy) is 1. The molecule has 0 amide bonds. The predicted molar refractivity (Wildman–Crippen MR) is 71.6 cm³/mol. The second kappa shape index (κ2) is 4.33. The zero-order valence-electron chi connectivity index (χ0n) is 10.5. The molecule has 2 heterocycles. The first-order chi connectivity index (χ1) is 8.79. The first-order valence-electron chi connectivity index (χ1n) is 6.27. The topological polar surface area (TPSA) is 27.1 Å². The summed E-state index contributed by atoms with van der Waals surface area (Å²) in [7, 11) is 0. The number of hydrogen-bond acceptors (Lipinski definition) is 2. The van der Waals surface area contributed by atoms with Crippen LogP contribution >= 0.6 is 0 Å². The van der Waals surface area contributed by atoms with Crippen molar-refractivity contribution in [3.8, 4) is 5.69 Å². The van der Waals surface area contributed by atoms with E-state index in [-0.39, 0.29) is 0 Å². The van der Waals surface area contributed by atoms with E-state index >= 15 is 0 Å². The molecule has 0 atom stereocenters. The van der Waals surface area contributed by atoms with Gasteiger partial charge in [0.25, 0.3) is 0 Å². The molecule has 1 aromatic carbocycles. The number of nitrogens with zero attached hydrogens (tertiary/aromatic N) is 2. The number of rotatable bonds is 2. The van der Waals surface area contributed by atoms with Gasteiger partial charge in [-0.2, -0.15) is 0 Å². The first-order valence-corrected chi connectivity index (χ1v) is 6.27. The molecule has 2 aromatic rings. The van der Waals surface area contributed by atoms with Crippen LogP contribution in [-0.2, 0) is 17.6 Å². The molecule has 3 rings (SSSR count). The minimum atomic E-state index is 0.678. The summed E-state index contributed by atoms with van der Waals surface area (Å²) >= 11 is 0. The Balaban J connectivity index is 2.06. The van der Waals surface area contributed by atoms with Gasteiger partial charge >= 0.3 is 0 Å². The molecule has 1 aliphatic heterocycles. The summed E-state index contributed by atoms with van der Waals surface area (Å²) in [4.78, 5) is 4.45. The van der Waals surface area contributed by atoms with Gasteiger partial charge in [0.2, 0.25) is 0 Å². The van der Waals surface area contributed by atoms with Crippen LogP contribution in [0.4, 0.5) is 0 Å². The Bertz CT molecular complexity index is 581. The SMILES string of the molecule is C=C1OCCc2ncn(-c3ccc(CC)cc3)c21. The second-order valence-corrected chi connectivity index (χ2v) is 4.45. The fourth-order valence-electron chi connectivity index (χ4n) is 2.29. The lowest BCUT2D eigenvalue weighted by Crippen LogP contribution is -2.11. The molecule has 1 aromatic heterocycles. The highest BCUT2D eigenvalue weighted by Crippen LogP contribution is 2.26. The average Bonchev–Trinajstić information content (AvgIpc) is 2.84. The van der Waals surface area contributed by atoms with Crippen LogP contribution in [-0.4, -0.2) is 16.2 Å². The largest absolute Gasteiger partial charge is 0.492 e. The van der Waals surface area contributed by atoms with E-state index in [1.54, 1.807) is 0 Å². The van der Waals surface area contributed by atoms with Gasteiger partial charge in [0.1, 0.15) is 17.8 Å². The van der Waals surface area contributed by atoms with Crippen molar-refractivity contribution in [3.05, 3.63) is 54.1 Å². The first kappa shape index (κ1) is 11.1. The Morgan fingerprint density at radius 1 is 1.33 bits per heavy atom. The predicted octanol–water partition coefficient (Wildman–Crippen LogP) is 2.98. The van der Waals surface area contributed by atoms with Crippen LogP contribution in [0.25, 0.3) is 11.4 Å². The monoisotopic (exact) mass is 240 g/mol. The number of benzene rings is 1. The minimum Gasteiger partial charge on any atom is -0.492 e. The van der Waals surface area contributed by atoms with E-state index in [1.807, 2.05) is 6.33 Å². The highest BCUT2D eigenvalue weighted by Gasteiger charge is 2.20. The van der Waals surface area contributed by atoms with Crippen LogP contribution in [0.15, 0.2) is 37.2 Å². The zero-order chi connectivity index (χ0) is 12.5. The molecule has 0 fully saturated rings. The summed E-state index contributed by atoms with van der Waals surface area (Å²) in [5, 5.41) is 0. The maximum atomic E-state index is 5.51. The van der Waals surface area contributed by atoms with Crippen LogP contribution < -0.4 is 0 Å². The molecule has 0 spiro atoms. The molecule has 3 nitrogen and oxygen atoms in total. The Morgan fingerprint density at radius 2 is 2.11 bits per heavy atom. The van der Waals surface area contributed by atoms with Crippen molar-refractivity contribution in [3.63, 3.8) is 0 Å². The van der Waals surface area contributed by atoms with E-state index < -0.39 is 0 Å². The van der Waals surface area contributed by atoms with E-state index in [1.165, 1.54) is 5.56 Å². The van der Waals surface area contributed by atoms with Crippen LogP contribution in [0.2, 0.25) is 0 Å². The van der Waals surface area contributed by atoms with Gasteiger partial charge in [0.05, 0.1) is 12.3 Å². The summed E-state index contributed by atoms with van der Waals surface area (Å²) in [5.74, 6) is 0.716. The molecule has 0 radical (unpaired) electrons. The van der Waals surface area contributed by atoms with Gasteiger partial charge in [-0.25, -0.2) is 4.98 Å². The normalized spacial score (nSPS) is 14.2. The van der Waals surface area contributed by atoms with E-state index in [0.717, 1.165) is 29.9 Å². The van der Waals surface area contributed by atoms with Crippen molar-refractivity contribution in [2.75, 3.05) is 6.61 Å². The van der Waals surface area contributed by atoms with E-state index in [4.69, 9.17) is 4.74 Å². The molecular formula is C15H16N2O. The van der Waals surface area contributed by atoms with Crippen molar-refractivity contribution < 1.29 is 4.74 Å². The summed E-state index contributed by atoms with van der Waals surface area (Å²) in [6.07, 6.45) is 3.76. The fraction of sp³-hybridized carbons (Fsp3) is 0.267. The summed E-state index contributed by atoms with van der Waals surface area (Å²) in [5.41, 5.74) is 4.52. The van der Waals surface area contributed by atoms with Crippen molar-refractivity contribution in [2.45, 2.75) is 19.8 Å². The Morgan fingerprint density at radius 3 is 2.83 bits per heavy atom. The number of aromatic nitrogens is 2. The van der Waals surface area contributed by atoms with Gasteiger partial charge < -0.3 is 4.74 Å². The third kappa shape index (κ3) is 1.72. The van der Waals surface area contributed by atoms with Crippen molar-refractivity contribution >= 4 is 5.76 Å². The van der Waals surface area contributed by atoms with E-state index in [2.05, 4.69) is 47.3 Å². The van der Waals surface area contributed by atoms with Gasteiger partial charge in [-0.15, -0.1) is 0 Å². The minimum absolute atomic E-state index is 0.678. The van der Waals surface area contributed by atoms with Crippen molar-refractivity contribution in [1.82, 2.24) is 9.55 Å². The van der Waals surface area contributed by atoms with E-state index in [0.29, 0.717) is 12.4 Å². The number of fused-ring (bicyclic) bond motifs is 1. The molecule has 0 unspecified atom stereocenters. The lowest BCUT2D eigenvalue weighted by atomic mass is 10.1. The van der Waals surface area contributed by atoms with Gasteiger partial charge in [-0.3, -0.25) is 4.57 Å². The van der Waals surface area contributed by atoms with Crippen molar-refractivity contribution in [1.29, 1.82) is 0 Å². The molecule has 0 saturated carbocycles. The molecule has 0 bridgehead atoms. The second-order valence-electron chi connectivity index (χ2n) is 4.45. The molecule has 0 saturated heterocycles. The van der Waals surface area contributed by atoms with Crippen molar-refractivity contribution in [2.24, 2.45) is 0 Å². The highest BCUT2D eigenvalue weighted by atomic mass is 16.5. The molecular weight excluding hydrogens is 224 g/mol. The van der Waals surface area contributed by atoms with Gasteiger partial charge in [0.15, 0.2) is 0 Å².